The van der Waals surface area contributed by atoms with Crippen LogP contribution in [0.1, 0.15) is 0 Å². The highest BCUT2D eigenvalue weighted by Gasteiger charge is 2.02. The normalized spacial score (nSPS) is 10.1. The molecule has 0 unspecified atom stereocenters. The Bertz CT molecular complexity index is 475. The molecule has 16 heavy (non-hydrogen) atoms. The molecule has 3 heteroatoms. The van der Waals surface area contributed by atoms with Crippen LogP contribution in [0, 0.1) is 0 Å². The quantitative estimate of drug-likeness (QED) is 0.833. The lowest BCUT2D eigenvalue weighted by atomic mass is 10.1. The summed E-state index contributed by atoms with van der Waals surface area (Å²) in [6.45, 7) is 0. The number of rotatable bonds is 2. The van der Waals surface area contributed by atoms with Crippen molar-refractivity contribution in [3.63, 3.8) is 0 Å². The van der Waals surface area contributed by atoms with Crippen LogP contribution in [0.3, 0.4) is 0 Å². The van der Waals surface area contributed by atoms with Crippen molar-refractivity contribution in [2.45, 2.75) is 0 Å². The fraction of sp³-hybridized carbons (Fsp3) is 0.154. The molecule has 0 atom stereocenters. The molecule has 82 valence electrons. The largest absolute Gasteiger partial charge is 0.397 e. The molecule has 0 saturated carbocycles. The van der Waals surface area contributed by atoms with Crippen molar-refractivity contribution in [1.29, 1.82) is 0 Å². The van der Waals surface area contributed by atoms with E-state index >= 15 is 0 Å². The lowest BCUT2D eigenvalue weighted by Crippen LogP contribution is -2.07. The molecule has 1 aromatic carbocycles. The standard InChI is InChI=1S/C13H15N3/c1-16(2)11-5-3-10(4-6-11)12-7-8-15-9-13(12)14/h3-9H,14H2,1-2H3. The third-order valence-corrected chi connectivity index (χ3v) is 2.55. The first-order chi connectivity index (χ1) is 7.68. The van der Waals surface area contributed by atoms with Gasteiger partial charge in [0.2, 0.25) is 0 Å². The summed E-state index contributed by atoms with van der Waals surface area (Å²) < 4.78 is 0. The topological polar surface area (TPSA) is 42.2 Å². The van der Waals surface area contributed by atoms with Crippen LogP contribution in [-0.2, 0) is 0 Å². The van der Waals surface area contributed by atoms with E-state index in [0.717, 1.165) is 11.1 Å². The van der Waals surface area contributed by atoms with Crippen molar-refractivity contribution in [2.24, 2.45) is 0 Å². The minimum Gasteiger partial charge on any atom is -0.397 e. The lowest BCUT2D eigenvalue weighted by Gasteiger charge is -2.13. The average Bonchev–Trinajstić information content (AvgIpc) is 2.30. The van der Waals surface area contributed by atoms with Gasteiger partial charge in [0.15, 0.2) is 0 Å². The average molecular weight is 213 g/mol. The summed E-state index contributed by atoms with van der Waals surface area (Å²) in [6, 6.07) is 10.2. The van der Waals surface area contributed by atoms with E-state index in [1.165, 1.54) is 5.69 Å². The summed E-state index contributed by atoms with van der Waals surface area (Å²) in [5, 5.41) is 0. The Labute approximate surface area is 95.5 Å². The molecule has 2 rings (SSSR count). The number of nitrogens with two attached hydrogens (primary N) is 1. The molecule has 0 aliphatic heterocycles. The second kappa shape index (κ2) is 4.23. The molecule has 1 aromatic heterocycles. The van der Waals surface area contributed by atoms with E-state index in [9.17, 15) is 0 Å². The van der Waals surface area contributed by atoms with Crippen molar-refractivity contribution in [3.05, 3.63) is 42.7 Å². The van der Waals surface area contributed by atoms with Gasteiger partial charge in [0, 0.05) is 31.5 Å². The SMILES string of the molecule is CN(C)c1ccc(-c2ccncc2N)cc1. The number of pyridine rings is 1. The Morgan fingerprint density at radius 1 is 1.06 bits per heavy atom. The molecule has 0 radical (unpaired) electrons. The second-order valence-electron chi connectivity index (χ2n) is 3.90. The highest BCUT2D eigenvalue weighted by Crippen LogP contribution is 2.26. The van der Waals surface area contributed by atoms with Gasteiger partial charge in [0.05, 0.1) is 11.9 Å². The fourth-order valence-electron chi connectivity index (χ4n) is 1.61. The van der Waals surface area contributed by atoms with Crippen LogP contribution in [0.4, 0.5) is 11.4 Å². The monoisotopic (exact) mass is 213 g/mol. The van der Waals surface area contributed by atoms with Crippen molar-refractivity contribution in [3.8, 4) is 11.1 Å². The minimum atomic E-state index is 0.708. The highest BCUT2D eigenvalue weighted by molar-refractivity contribution is 5.76. The van der Waals surface area contributed by atoms with E-state index in [1.807, 2.05) is 20.2 Å². The molecule has 0 aliphatic carbocycles. The van der Waals surface area contributed by atoms with E-state index in [-0.39, 0.29) is 0 Å². The predicted molar refractivity (Wildman–Crippen MR) is 68.4 cm³/mol. The Morgan fingerprint density at radius 2 is 1.75 bits per heavy atom. The molecule has 0 fully saturated rings. The van der Waals surface area contributed by atoms with E-state index < -0.39 is 0 Å². The molecule has 0 amide bonds. The molecule has 0 aliphatic rings. The van der Waals surface area contributed by atoms with Gasteiger partial charge in [-0.2, -0.15) is 0 Å². The van der Waals surface area contributed by atoms with Crippen molar-refractivity contribution < 1.29 is 0 Å². The van der Waals surface area contributed by atoms with Crippen molar-refractivity contribution >= 4 is 11.4 Å². The number of hydrogen-bond donors (Lipinski definition) is 1. The Balaban J connectivity index is 2.39. The summed E-state index contributed by atoms with van der Waals surface area (Å²) in [5.74, 6) is 0. The number of aromatic nitrogens is 1. The molecule has 1 heterocycles. The second-order valence-corrected chi connectivity index (χ2v) is 3.90. The highest BCUT2D eigenvalue weighted by atomic mass is 15.1. The third kappa shape index (κ3) is 1.98. The summed E-state index contributed by atoms with van der Waals surface area (Å²) in [7, 11) is 4.05. The zero-order chi connectivity index (χ0) is 11.5. The molecule has 0 bridgehead atoms. The summed E-state index contributed by atoms with van der Waals surface area (Å²) in [4.78, 5) is 6.05. The van der Waals surface area contributed by atoms with Gasteiger partial charge in [-0.3, -0.25) is 4.98 Å². The Morgan fingerprint density at radius 3 is 2.31 bits per heavy atom. The molecular weight excluding hydrogens is 198 g/mol. The van der Waals surface area contributed by atoms with E-state index in [4.69, 9.17) is 5.73 Å². The molecule has 0 spiro atoms. The smallest absolute Gasteiger partial charge is 0.0580 e. The van der Waals surface area contributed by atoms with E-state index in [1.54, 1.807) is 12.4 Å². The summed E-state index contributed by atoms with van der Waals surface area (Å²) in [5.41, 5.74) is 9.91. The van der Waals surface area contributed by atoms with Gasteiger partial charge in [-0.15, -0.1) is 0 Å². The van der Waals surface area contributed by atoms with Crippen LogP contribution in [0.25, 0.3) is 11.1 Å². The Kier molecular flexibility index (Phi) is 2.77. The van der Waals surface area contributed by atoms with Crippen molar-refractivity contribution in [2.75, 3.05) is 24.7 Å². The van der Waals surface area contributed by atoms with Gasteiger partial charge < -0.3 is 10.6 Å². The van der Waals surface area contributed by atoms with Crippen LogP contribution in [-0.4, -0.2) is 19.1 Å². The molecule has 0 saturated heterocycles. The van der Waals surface area contributed by atoms with Gasteiger partial charge in [-0.05, 0) is 23.8 Å². The predicted octanol–water partition coefficient (Wildman–Crippen LogP) is 2.40. The number of anilines is 2. The molecular formula is C13H15N3. The van der Waals surface area contributed by atoms with Crippen LogP contribution in [0.5, 0.6) is 0 Å². The van der Waals surface area contributed by atoms with Gasteiger partial charge in [0.25, 0.3) is 0 Å². The molecule has 2 N–H and O–H groups in total. The first-order valence-electron chi connectivity index (χ1n) is 5.16. The maximum absolute atomic E-state index is 5.88. The van der Waals surface area contributed by atoms with Crippen LogP contribution in [0.15, 0.2) is 42.7 Å². The summed E-state index contributed by atoms with van der Waals surface area (Å²) >= 11 is 0. The maximum Gasteiger partial charge on any atom is 0.0580 e. The van der Waals surface area contributed by atoms with Gasteiger partial charge in [0.1, 0.15) is 0 Å². The number of nitrogens with zero attached hydrogens (tertiary/aromatic N) is 2. The number of nitrogen functional groups attached to an aromatic ring is 1. The maximum atomic E-state index is 5.88. The molecule has 3 nitrogen and oxygen atoms in total. The van der Waals surface area contributed by atoms with Gasteiger partial charge in [-0.25, -0.2) is 0 Å². The fourth-order valence-corrected chi connectivity index (χ4v) is 1.61. The van der Waals surface area contributed by atoms with E-state index in [2.05, 4.69) is 34.1 Å². The van der Waals surface area contributed by atoms with Crippen LogP contribution >= 0.6 is 0 Å². The first-order valence-corrected chi connectivity index (χ1v) is 5.16. The number of benzene rings is 1. The van der Waals surface area contributed by atoms with E-state index in [0.29, 0.717) is 5.69 Å². The zero-order valence-corrected chi connectivity index (χ0v) is 9.51. The van der Waals surface area contributed by atoms with Gasteiger partial charge in [-0.1, -0.05) is 12.1 Å². The van der Waals surface area contributed by atoms with Crippen molar-refractivity contribution in [1.82, 2.24) is 4.98 Å². The lowest BCUT2D eigenvalue weighted by molar-refractivity contribution is 1.13. The zero-order valence-electron chi connectivity index (χ0n) is 9.51. The summed E-state index contributed by atoms with van der Waals surface area (Å²) in [6.07, 6.45) is 3.43. The van der Waals surface area contributed by atoms with Crippen LogP contribution in [0.2, 0.25) is 0 Å². The first kappa shape index (κ1) is 10.5. The van der Waals surface area contributed by atoms with Gasteiger partial charge >= 0.3 is 0 Å². The third-order valence-electron chi connectivity index (χ3n) is 2.55. The van der Waals surface area contributed by atoms with Crippen LogP contribution < -0.4 is 10.6 Å². The minimum absolute atomic E-state index is 0.708. The Hall–Kier alpha value is -2.03. The number of hydrogen-bond acceptors (Lipinski definition) is 3. The molecule has 2 aromatic rings.